The predicted molar refractivity (Wildman–Crippen MR) is 238 cm³/mol. The van der Waals surface area contributed by atoms with Crippen molar-refractivity contribution in [1.29, 1.82) is 0 Å². The Morgan fingerprint density at radius 2 is 0.691 bits per heavy atom. The number of unbranched alkanes of at least 4 members (excludes halogenated alkanes) is 20. The number of nitrogens with zero attached hydrogens (tertiary/aromatic N) is 1. The van der Waals surface area contributed by atoms with Crippen molar-refractivity contribution in [1.82, 2.24) is 4.90 Å². The normalized spacial score (nSPS) is 13.5. The van der Waals surface area contributed by atoms with Crippen molar-refractivity contribution in [3.05, 3.63) is 0 Å². The quantitative estimate of drug-likeness (QED) is 0.0456. The predicted octanol–water partition coefficient (Wildman–Crippen LogP) is 15.4. The van der Waals surface area contributed by atoms with Gasteiger partial charge in [-0.3, -0.25) is 9.59 Å². The van der Waals surface area contributed by atoms with Gasteiger partial charge in [-0.2, -0.15) is 0 Å². The lowest BCUT2D eigenvalue weighted by Crippen LogP contribution is -2.26. The summed E-state index contributed by atoms with van der Waals surface area (Å²) in [6.07, 6.45) is 44.6. The van der Waals surface area contributed by atoms with Crippen molar-refractivity contribution >= 4 is 11.9 Å². The van der Waals surface area contributed by atoms with Crippen LogP contribution in [0.2, 0.25) is 0 Å². The molecule has 0 aromatic rings. The maximum Gasteiger partial charge on any atom is 0.306 e. The molecule has 1 fully saturated rings. The van der Waals surface area contributed by atoms with E-state index in [-0.39, 0.29) is 11.9 Å². The Morgan fingerprint density at radius 3 is 1.04 bits per heavy atom. The van der Waals surface area contributed by atoms with Gasteiger partial charge in [-0.1, -0.05) is 182 Å². The third-order valence-electron chi connectivity index (χ3n) is 12.5. The van der Waals surface area contributed by atoms with Crippen molar-refractivity contribution in [3.63, 3.8) is 0 Å². The zero-order chi connectivity index (χ0) is 39.9. The first kappa shape index (κ1) is 51.9. The molecule has 1 aliphatic heterocycles. The molecule has 326 valence electrons. The van der Waals surface area contributed by atoms with E-state index < -0.39 is 0 Å². The molecule has 0 atom stereocenters. The molecule has 5 nitrogen and oxygen atoms in total. The third kappa shape index (κ3) is 33.6. The number of likely N-dealkylation sites (tertiary alicyclic amines) is 1. The van der Waals surface area contributed by atoms with Crippen molar-refractivity contribution < 1.29 is 19.1 Å². The van der Waals surface area contributed by atoms with Crippen LogP contribution in [0, 0.1) is 17.8 Å². The summed E-state index contributed by atoms with van der Waals surface area (Å²) in [6.45, 7) is 14.2. The maximum absolute atomic E-state index is 12.5. The minimum Gasteiger partial charge on any atom is -0.466 e. The van der Waals surface area contributed by atoms with Gasteiger partial charge >= 0.3 is 11.9 Å². The summed E-state index contributed by atoms with van der Waals surface area (Å²) in [7, 11) is 0. The summed E-state index contributed by atoms with van der Waals surface area (Å²) >= 11 is 0. The number of rotatable bonds is 42. The lowest BCUT2D eigenvalue weighted by molar-refractivity contribution is -0.146. The van der Waals surface area contributed by atoms with E-state index in [2.05, 4.69) is 32.6 Å². The average Bonchev–Trinajstić information content (AvgIpc) is 3.69. The fourth-order valence-corrected chi connectivity index (χ4v) is 8.89. The van der Waals surface area contributed by atoms with Crippen LogP contribution in [-0.4, -0.2) is 49.7 Å². The topological polar surface area (TPSA) is 55.8 Å². The lowest BCUT2D eigenvalue weighted by Gasteiger charge is -2.23. The molecule has 0 spiro atoms. The zero-order valence-corrected chi connectivity index (χ0v) is 37.8. The Kier molecular flexibility index (Phi) is 37.5. The van der Waals surface area contributed by atoms with Gasteiger partial charge < -0.3 is 14.4 Å². The fraction of sp³-hybridized carbons (Fsp3) is 0.960. The van der Waals surface area contributed by atoms with Crippen LogP contribution in [0.15, 0.2) is 0 Å². The highest BCUT2D eigenvalue weighted by Crippen LogP contribution is 2.25. The number of hydrogen-bond acceptors (Lipinski definition) is 5. The van der Waals surface area contributed by atoms with Gasteiger partial charge in [-0.15, -0.1) is 0 Å². The molecule has 0 N–H and O–H groups in total. The highest BCUT2D eigenvalue weighted by molar-refractivity contribution is 5.70. The summed E-state index contributed by atoms with van der Waals surface area (Å²) in [6, 6.07) is 0. The van der Waals surface area contributed by atoms with Crippen LogP contribution in [-0.2, 0) is 19.1 Å². The Labute approximate surface area is 344 Å². The van der Waals surface area contributed by atoms with Gasteiger partial charge in [-0.25, -0.2) is 0 Å². The van der Waals surface area contributed by atoms with E-state index in [1.54, 1.807) is 0 Å². The SMILES string of the molecule is CCCCCC(CCCCC)CC(=O)OCCCCCCCCCC(CCCCCCCCCOC(=O)CC(CCCCC)CCCCC)CN1CCCC1. The second-order valence-electron chi connectivity index (χ2n) is 18.0. The number of esters is 2. The van der Waals surface area contributed by atoms with Crippen LogP contribution in [0.1, 0.15) is 259 Å². The van der Waals surface area contributed by atoms with E-state index in [1.807, 2.05) is 0 Å². The Balaban J connectivity index is 2.11. The minimum absolute atomic E-state index is 0.0436. The summed E-state index contributed by atoms with van der Waals surface area (Å²) in [5, 5.41) is 0. The van der Waals surface area contributed by atoms with Gasteiger partial charge in [0.05, 0.1) is 13.2 Å². The first-order valence-electron chi connectivity index (χ1n) is 25.1. The summed E-state index contributed by atoms with van der Waals surface area (Å²) in [5.41, 5.74) is 0. The standard InChI is InChI=1S/C50H97NO4/c1-5-9-23-33-46(34-24-10-6-2)43-49(52)54-41-31-21-17-13-15-19-27-37-48(45-51-39-29-30-40-51)38-28-20-16-14-18-22-32-42-55-50(53)44-47(35-25-11-7-3)36-26-12-8-4/h46-48H,5-45H2,1-4H3. The fourth-order valence-electron chi connectivity index (χ4n) is 8.89. The molecule has 0 bridgehead atoms. The summed E-state index contributed by atoms with van der Waals surface area (Å²) in [5.74, 6) is 2.01. The molecule has 1 heterocycles. The largest absolute Gasteiger partial charge is 0.466 e. The van der Waals surface area contributed by atoms with Gasteiger partial charge in [0.25, 0.3) is 0 Å². The Morgan fingerprint density at radius 1 is 0.400 bits per heavy atom. The van der Waals surface area contributed by atoms with Crippen LogP contribution in [0.5, 0.6) is 0 Å². The molecule has 1 saturated heterocycles. The van der Waals surface area contributed by atoms with Crippen LogP contribution in [0.3, 0.4) is 0 Å². The molecule has 0 saturated carbocycles. The minimum atomic E-state index is 0.0436. The molecule has 5 heteroatoms. The van der Waals surface area contributed by atoms with Gasteiger partial charge in [0.2, 0.25) is 0 Å². The molecule has 55 heavy (non-hydrogen) atoms. The van der Waals surface area contributed by atoms with Crippen molar-refractivity contribution in [3.8, 4) is 0 Å². The molecule has 0 aliphatic carbocycles. The van der Waals surface area contributed by atoms with Crippen LogP contribution >= 0.6 is 0 Å². The van der Waals surface area contributed by atoms with Crippen molar-refractivity contribution in [2.45, 2.75) is 259 Å². The molecule has 1 aliphatic rings. The maximum atomic E-state index is 12.5. The highest BCUT2D eigenvalue weighted by atomic mass is 16.5. The molecule has 1 rings (SSSR count). The molecule has 0 aromatic heterocycles. The molecule has 0 amide bonds. The first-order valence-corrected chi connectivity index (χ1v) is 25.1. The smallest absolute Gasteiger partial charge is 0.306 e. The zero-order valence-electron chi connectivity index (χ0n) is 37.8. The lowest BCUT2D eigenvalue weighted by atomic mass is 9.92. The van der Waals surface area contributed by atoms with Gasteiger partial charge in [0.15, 0.2) is 0 Å². The first-order chi connectivity index (χ1) is 27.0. The Bertz CT molecular complexity index is 749. The monoisotopic (exact) mass is 776 g/mol. The van der Waals surface area contributed by atoms with Crippen LogP contribution in [0.4, 0.5) is 0 Å². The summed E-state index contributed by atoms with van der Waals surface area (Å²) < 4.78 is 11.3. The van der Waals surface area contributed by atoms with Gasteiger partial charge in [0, 0.05) is 19.4 Å². The number of ether oxygens (including phenoxy) is 2. The second kappa shape index (κ2) is 39.7. The number of carbonyl (C=O) groups excluding carboxylic acids is 2. The van der Waals surface area contributed by atoms with E-state index in [0.29, 0.717) is 37.9 Å². The van der Waals surface area contributed by atoms with Crippen LogP contribution < -0.4 is 0 Å². The third-order valence-corrected chi connectivity index (χ3v) is 12.5. The van der Waals surface area contributed by atoms with Crippen LogP contribution in [0.25, 0.3) is 0 Å². The van der Waals surface area contributed by atoms with E-state index in [9.17, 15) is 9.59 Å². The highest BCUT2D eigenvalue weighted by Gasteiger charge is 2.18. The van der Waals surface area contributed by atoms with E-state index in [0.717, 1.165) is 18.8 Å². The summed E-state index contributed by atoms with van der Waals surface area (Å²) in [4.78, 5) is 27.7. The van der Waals surface area contributed by atoms with E-state index >= 15 is 0 Å². The van der Waals surface area contributed by atoms with E-state index in [1.165, 1.54) is 225 Å². The molecule has 0 radical (unpaired) electrons. The average molecular weight is 776 g/mol. The van der Waals surface area contributed by atoms with E-state index in [4.69, 9.17) is 9.47 Å². The number of hydrogen-bond donors (Lipinski definition) is 0. The Hall–Kier alpha value is -1.10. The molecule has 0 unspecified atom stereocenters. The second-order valence-corrected chi connectivity index (χ2v) is 18.0. The van der Waals surface area contributed by atoms with Gasteiger partial charge in [-0.05, 0) is 95.1 Å². The van der Waals surface area contributed by atoms with Crippen molar-refractivity contribution in [2.24, 2.45) is 17.8 Å². The van der Waals surface area contributed by atoms with Crippen molar-refractivity contribution in [2.75, 3.05) is 32.8 Å². The number of carbonyl (C=O) groups is 2. The molecular formula is C50H97NO4. The molecular weight excluding hydrogens is 679 g/mol. The molecule has 0 aromatic carbocycles. The van der Waals surface area contributed by atoms with Gasteiger partial charge in [0.1, 0.15) is 0 Å².